The van der Waals surface area contributed by atoms with Gasteiger partial charge in [-0.3, -0.25) is 4.90 Å². The van der Waals surface area contributed by atoms with Crippen LogP contribution >= 0.6 is 0 Å². The lowest BCUT2D eigenvalue weighted by Gasteiger charge is -2.26. The molecule has 0 aliphatic rings. The average Bonchev–Trinajstić information content (AvgIpc) is 2.31. The lowest BCUT2D eigenvalue weighted by molar-refractivity contribution is 0.111. The number of nitrogens with two attached hydrogens (primary N) is 1. The minimum absolute atomic E-state index is 0.258. The van der Waals surface area contributed by atoms with Crippen molar-refractivity contribution in [2.75, 3.05) is 53.6 Å². The summed E-state index contributed by atoms with van der Waals surface area (Å²) in [6.45, 7) is 9.81. The Morgan fingerprint density at radius 1 is 1.00 bits per heavy atom. The molecule has 104 valence electrons. The molecule has 0 spiro atoms. The highest BCUT2D eigenvalue weighted by molar-refractivity contribution is 4.70. The molecule has 0 aromatic carbocycles. The Hall–Kier alpha value is -0.160. The van der Waals surface area contributed by atoms with Gasteiger partial charge < -0.3 is 15.2 Å². The second-order valence-electron chi connectivity index (χ2n) is 5.30. The number of hydrogen-bond donors (Lipinski definition) is 1. The summed E-state index contributed by atoms with van der Waals surface area (Å²) < 4.78 is 10.2. The van der Waals surface area contributed by atoms with E-state index in [1.54, 1.807) is 14.2 Å². The van der Waals surface area contributed by atoms with Crippen LogP contribution in [0, 0.1) is 5.41 Å². The van der Waals surface area contributed by atoms with Gasteiger partial charge in [0.1, 0.15) is 0 Å². The molecule has 2 N–H and O–H groups in total. The van der Waals surface area contributed by atoms with Crippen LogP contribution in [0.1, 0.15) is 26.7 Å². The molecule has 0 atom stereocenters. The third-order valence-corrected chi connectivity index (χ3v) is 3.10. The van der Waals surface area contributed by atoms with Crippen molar-refractivity contribution in [3.8, 4) is 0 Å². The number of methoxy groups -OCH3 is 2. The van der Waals surface area contributed by atoms with Gasteiger partial charge in [-0.2, -0.15) is 0 Å². The van der Waals surface area contributed by atoms with E-state index in [2.05, 4.69) is 18.7 Å². The van der Waals surface area contributed by atoms with Gasteiger partial charge in [-0.25, -0.2) is 0 Å². The van der Waals surface area contributed by atoms with Crippen LogP contribution in [0.4, 0.5) is 0 Å². The van der Waals surface area contributed by atoms with Gasteiger partial charge in [-0.05, 0) is 31.3 Å². The molecule has 0 saturated carbocycles. The van der Waals surface area contributed by atoms with Gasteiger partial charge in [0.25, 0.3) is 0 Å². The average molecular weight is 246 g/mol. The van der Waals surface area contributed by atoms with Crippen LogP contribution in [0.2, 0.25) is 0 Å². The third kappa shape index (κ3) is 9.53. The first-order chi connectivity index (χ1) is 8.05. The van der Waals surface area contributed by atoms with E-state index in [0.717, 1.165) is 39.4 Å². The van der Waals surface area contributed by atoms with Crippen LogP contribution < -0.4 is 5.73 Å². The maximum Gasteiger partial charge on any atom is 0.0589 e. The number of ether oxygens (including phenoxy) is 2. The molecule has 0 rings (SSSR count). The highest BCUT2D eigenvalue weighted by Gasteiger charge is 2.15. The summed E-state index contributed by atoms with van der Waals surface area (Å²) in [5.41, 5.74) is 5.99. The lowest BCUT2D eigenvalue weighted by atomic mass is 9.88. The summed E-state index contributed by atoms with van der Waals surface area (Å²) in [6.07, 6.45) is 2.34. The minimum atomic E-state index is 0.258. The maximum absolute atomic E-state index is 5.73. The molecule has 0 heterocycles. The van der Waals surface area contributed by atoms with E-state index < -0.39 is 0 Å². The molecule has 0 aliphatic heterocycles. The summed E-state index contributed by atoms with van der Waals surface area (Å²) in [5, 5.41) is 0. The van der Waals surface area contributed by atoms with Gasteiger partial charge in [-0.15, -0.1) is 0 Å². The van der Waals surface area contributed by atoms with Crippen molar-refractivity contribution in [1.82, 2.24) is 4.90 Å². The Balaban J connectivity index is 3.81. The predicted molar refractivity (Wildman–Crippen MR) is 72.3 cm³/mol. The quantitative estimate of drug-likeness (QED) is 0.598. The minimum Gasteiger partial charge on any atom is -0.383 e. The number of hydrogen-bond acceptors (Lipinski definition) is 4. The van der Waals surface area contributed by atoms with Crippen molar-refractivity contribution in [3.63, 3.8) is 0 Å². The normalized spacial score (nSPS) is 12.4. The first-order valence-electron chi connectivity index (χ1n) is 6.46. The lowest BCUT2D eigenvalue weighted by Crippen LogP contribution is -2.33. The molecular formula is C13H30N2O2. The second-order valence-corrected chi connectivity index (χ2v) is 5.30. The van der Waals surface area contributed by atoms with E-state index in [1.165, 1.54) is 12.8 Å². The summed E-state index contributed by atoms with van der Waals surface area (Å²) >= 11 is 0. The molecule has 4 heteroatoms. The van der Waals surface area contributed by atoms with E-state index >= 15 is 0 Å². The molecule has 0 saturated heterocycles. The molecule has 0 aliphatic carbocycles. The summed E-state index contributed by atoms with van der Waals surface area (Å²) in [5.74, 6) is 0. The molecule has 0 radical (unpaired) electrons. The molecule has 17 heavy (non-hydrogen) atoms. The largest absolute Gasteiger partial charge is 0.383 e. The zero-order valence-electron chi connectivity index (χ0n) is 12.0. The van der Waals surface area contributed by atoms with E-state index in [1.807, 2.05) is 0 Å². The Kier molecular flexibility index (Phi) is 9.74. The zero-order valence-corrected chi connectivity index (χ0v) is 12.0. The molecule has 4 nitrogen and oxygen atoms in total. The van der Waals surface area contributed by atoms with Crippen molar-refractivity contribution in [2.24, 2.45) is 11.1 Å². The Labute approximate surface area is 106 Å². The Bertz CT molecular complexity index is 167. The molecule has 0 unspecified atom stereocenters. The predicted octanol–water partition coefficient (Wildman–Crippen LogP) is 1.35. The molecule has 0 aromatic heterocycles. The van der Waals surface area contributed by atoms with Crippen LogP contribution in [0.5, 0.6) is 0 Å². The van der Waals surface area contributed by atoms with Gasteiger partial charge in [0.2, 0.25) is 0 Å². The topological polar surface area (TPSA) is 47.7 Å². The number of nitrogens with zero attached hydrogens (tertiary/aromatic N) is 1. The van der Waals surface area contributed by atoms with Crippen molar-refractivity contribution >= 4 is 0 Å². The van der Waals surface area contributed by atoms with Crippen molar-refractivity contribution in [2.45, 2.75) is 26.7 Å². The standard InChI is InChI=1S/C13H30N2O2/c1-13(2,12-14)6-5-7-15(8-10-16-3)9-11-17-4/h5-12,14H2,1-4H3. The highest BCUT2D eigenvalue weighted by Crippen LogP contribution is 2.20. The smallest absolute Gasteiger partial charge is 0.0589 e. The fraction of sp³-hybridized carbons (Fsp3) is 1.00. The summed E-state index contributed by atoms with van der Waals surface area (Å²) in [6, 6.07) is 0. The van der Waals surface area contributed by atoms with Crippen LogP contribution in [0.15, 0.2) is 0 Å². The Morgan fingerprint density at radius 3 is 1.94 bits per heavy atom. The van der Waals surface area contributed by atoms with E-state index in [4.69, 9.17) is 15.2 Å². The molecular weight excluding hydrogens is 216 g/mol. The molecule has 0 bridgehead atoms. The molecule has 0 aromatic rings. The second kappa shape index (κ2) is 9.83. The van der Waals surface area contributed by atoms with Gasteiger partial charge in [0.15, 0.2) is 0 Å². The monoisotopic (exact) mass is 246 g/mol. The zero-order chi connectivity index (χ0) is 13.1. The van der Waals surface area contributed by atoms with Crippen LogP contribution in [-0.2, 0) is 9.47 Å². The van der Waals surface area contributed by atoms with Crippen LogP contribution in [0.25, 0.3) is 0 Å². The molecule has 0 fully saturated rings. The first kappa shape index (κ1) is 16.8. The maximum atomic E-state index is 5.73. The van der Waals surface area contributed by atoms with Crippen molar-refractivity contribution in [3.05, 3.63) is 0 Å². The fourth-order valence-electron chi connectivity index (χ4n) is 1.66. The molecule has 0 amide bonds. The van der Waals surface area contributed by atoms with Gasteiger partial charge in [-0.1, -0.05) is 13.8 Å². The number of rotatable bonds is 11. The summed E-state index contributed by atoms with van der Waals surface area (Å²) in [7, 11) is 3.48. The SMILES string of the molecule is COCCN(CCCC(C)(C)CN)CCOC. The van der Waals surface area contributed by atoms with Gasteiger partial charge >= 0.3 is 0 Å². The van der Waals surface area contributed by atoms with Crippen LogP contribution in [0.3, 0.4) is 0 Å². The van der Waals surface area contributed by atoms with Crippen molar-refractivity contribution in [1.29, 1.82) is 0 Å². The van der Waals surface area contributed by atoms with E-state index in [0.29, 0.717) is 0 Å². The van der Waals surface area contributed by atoms with E-state index in [-0.39, 0.29) is 5.41 Å². The first-order valence-corrected chi connectivity index (χ1v) is 6.46. The summed E-state index contributed by atoms with van der Waals surface area (Å²) in [4.78, 5) is 2.39. The fourth-order valence-corrected chi connectivity index (χ4v) is 1.66. The highest BCUT2D eigenvalue weighted by atomic mass is 16.5. The van der Waals surface area contributed by atoms with Crippen molar-refractivity contribution < 1.29 is 9.47 Å². The van der Waals surface area contributed by atoms with Crippen LogP contribution in [-0.4, -0.2) is 58.5 Å². The van der Waals surface area contributed by atoms with E-state index in [9.17, 15) is 0 Å². The third-order valence-electron chi connectivity index (χ3n) is 3.10. The van der Waals surface area contributed by atoms with Gasteiger partial charge in [0.05, 0.1) is 13.2 Å². The van der Waals surface area contributed by atoms with Gasteiger partial charge in [0, 0.05) is 27.3 Å². The Morgan fingerprint density at radius 2 is 1.53 bits per heavy atom.